The summed E-state index contributed by atoms with van der Waals surface area (Å²) in [5.41, 5.74) is 6.13. The van der Waals surface area contributed by atoms with E-state index in [0.717, 1.165) is 77.7 Å². The van der Waals surface area contributed by atoms with E-state index in [1.165, 1.54) is 18.9 Å². The summed E-state index contributed by atoms with van der Waals surface area (Å²) in [6.45, 7) is 4.37. The number of benzene rings is 2. The van der Waals surface area contributed by atoms with Crippen molar-refractivity contribution in [2.45, 2.75) is 52.4 Å². The lowest BCUT2D eigenvalue weighted by molar-refractivity contribution is -0.134. The van der Waals surface area contributed by atoms with Crippen LogP contribution in [0.1, 0.15) is 56.6 Å². The van der Waals surface area contributed by atoms with Crippen molar-refractivity contribution in [1.29, 1.82) is 0 Å². The molecule has 1 N–H and O–H groups in total. The van der Waals surface area contributed by atoms with Gasteiger partial charge in [0.25, 0.3) is 0 Å². The Balaban J connectivity index is 1.72. The van der Waals surface area contributed by atoms with Crippen molar-refractivity contribution in [3.8, 4) is 0 Å². The molecule has 1 aliphatic rings. The molecule has 2 aromatic carbocycles. The Morgan fingerprint density at radius 1 is 1.11 bits per heavy atom. The smallest absolute Gasteiger partial charge is 0.330 e. The number of aryl methyl sites for hydroxylation is 1. The van der Waals surface area contributed by atoms with E-state index in [2.05, 4.69) is 48.2 Å². The average molecular weight is 482 g/mol. The number of aromatic nitrogens is 1. The molecule has 5 nitrogen and oxygen atoms in total. The highest BCUT2D eigenvalue weighted by atomic mass is 16.5. The lowest BCUT2D eigenvalue weighted by Gasteiger charge is -2.19. The summed E-state index contributed by atoms with van der Waals surface area (Å²) < 4.78 is 4.67. The standard InChI is InChI=1S/C31H35N3O2/c1-4-11-27(24-12-7-5-6-8-13-24)33-30-22(2)26-14-9-10-15-28(26)34-31(30)32-25-19-16-23(17-20-25)18-21-29(35)36-3/h5-6,9-10,14-21,24H,4,7-8,11-13H2,1-3H3,(H,32,34)/b21-18+,33-27+. The summed E-state index contributed by atoms with van der Waals surface area (Å²) >= 11 is 0. The molecule has 1 aliphatic carbocycles. The monoisotopic (exact) mass is 481 g/mol. The van der Waals surface area contributed by atoms with E-state index in [9.17, 15) is 4.79 Å². The van der Waals surface area contributed by atoms with E-state index < -0.39 is 0 Å². The topological polar surface area (TPSA) is 63.6 Å². The molecule has 3 aromatic rings. The SMILES string of the molecule is CCC/C(=N\c1c(Nc2ccc(/C=C/C(=O)OC)cc2)nc2ccccc2c1C)C1CCC=CCC1. The molecule has 186 valence electrons. The Hall–Kier alpha value is -3.73. The number of para-hydroxylation sites is 1. The molecule has 4 rings (SSSR count). The van der Waals surface area contributed by atoms with Gasteiger partial charge in [0.1, 0.15) is 5.69 Å². The number of hydrogen-bond donors (Lipinski definition) is 1. The van der Waals surface area contributed by atoms with E-state index in [-0.39, 0.29) is 5.97 Å². The van der Waals surface area contributed by atoms with Crippen molar-refractivity contribution in [1.82, 2.24) is 4.98 Å². The molecule has 0 radical (unpaired) electrons. The van der Waals surface area contributed by atoms with E-state index in [1.807, 2.05) is 36.4 Å². The largest absolute Gasteiger partial charge is 0.466 e. The minimum atomic E-state index is -0.372. The van der Waals surface area contributed by atoms with Gasteiger partial charge in [0.2, 0.25) is 0 Å². The van der Waals surface area contributed by atoms with Gasteiger partial charge in [-0.2, -0.15) is 0 Å². The second-order valence-corrected chi connectivity index (χ2v) is 9.23. The van der Waals surface area contributed by atoms with Crippen LogP contribution < -0.4 is 5.32 Å². The second kappa shape index (κ2) is 12.3. The van der Waals surface area contributed by atoms with E-state index in [1.54, 1.807) is 6.08 Å². The molecule has 0 saturated heterocycles. The number of ether oxygens (including phenoxy) is 1. The van der Waals surface area contributed by atoms with Crippen LogP contribution in [0.5, 0.6) is 0 Å². The number of esters is 1. The molecule has 0 saturated carbocycles. The molecule has 36 heavy (non-hydrogen) atoms. The minimum absolute atomic E-state index is 0.372. The number of carbonyl (C=O) groups excluding carboxylic acids is 1. The number of nitrogens with one attached hydrogen (secondary N) is 1. The highest BCUT2D eigenvalue weighted by Gasteiger charge is 2.19. The quantitative estimate of drug-likeness (QED) is 0.153. The first-order valence-corrected chi connectivity index (χ1v) is 12.8. The van der Waals surface area contributed by atoms with E-state index in [0.29, 0.717) is 5.92 Å². The van der Waals surface area contributed by atoms with Gasteiger partial charge in [-0.25, -0.2) is 9.78 Å². The third-order valence-electron chi connectivity index (χ3n) is 6.67. The van der Waals surface area contributed by atoms with Crippen molar-refractivity contribution in [2.75, 3.05) is 12.4 Å². The van der Waals surface area contributed by atoms with Crippen LogP contribution in [-0.2, 0) is 9.53 Å². The molecule has 0 bridgehead atoms. The van der Waals surface area contributed by atoms with Gasteiger partial charge in [0, 0.05) is 22.9 Å². The number of nitrogens with zero attached hydrogens (tertiary/aromatic N) is 2. The first kappa shape index (κ1) is 25.4. The van der Waals surface area contributed by atoms with E-state index >= 15 is 0 Å². The van der Waals surface area contributed by atoms with Crippen LogP contribution in [0, 0.1) is 12.8 Å². The van der Waals surface area contributed by atoms with Crippen LogP contribution in [-0.4, -0.2) is 23.8 Å². The Bertz CT molecular complexity index is 1280. The number of fused-ring (bicyclic) bond motifs is 1. The Morgan fingerprint density at radius 3 is 2.53 bits per heavy atom. The number of rotatable bonds is 8. The maximum atomic E-state index is 11.4. The summed E-state index contributed by atoms with van der Waals surface area (Å²) in [6, 6.07) is 16.1. The number of aliphatic imine (C=N–C) groups is 1. The molecule has 0 spiro atoms. The zero-order chi connectivity index (χ0) is 25.3. The van der Waals surface area contributed by atoms with Gasteiger partial charge < -0.3 is 10.1 Å². The highest BCUT2D eigenvalue weighted by molar-refractivity contribution is 5.96. The molecular formula is C31H35N3O2. The van der Waals surface area contributed by atoms with Crippen LogP contribution in [0.3, 0.4) is 0 Å². The molecule has 5 heteroatoms. The Kier molecular flexibility index (Phi) is 8.66. The first-order valence-electron chi connectivity index (χ1n) is 12.8. The predicted molar refractivity (Wildman–Crippen MR) is 150 cm³/mol. The maximum Gasteiger partial charge on any atom is 0.330 e. The van der Waals surface area contributed by atoms with Crippen LogP contribution >= 0.6 is 0 Å². The molecular weight excluding hydrogens is 446 g/mol. The zero-order valence-electron chi connectivity index (χ0n) is 21.5. The van der Waals surface area contributed by atoms with Crippen molar-refractivity contribution in [2.24, 2.45) is 10.9 Å². The van der Waals surface area contributed by atoms with Crippen LogP contribution in [0.25, 0.3) is 17.0 Å². The first-order chi connectivity index (χ1) is 17.6. The van der Waals surface area contributed by atoms with Crippen LogP contribution in [0.2, 0.25) is 0 Å². The normalized spacial score (nSPS) is 14.8. The summed E-state index contributed by atoms with van der Waals surface area (Å²) in [6.07, 6.45) is 14.4. The van der Waals surface area contributed by atoms with Gasteiger partial charge in [0.15, 0.2) is 5.82 Å². The van der Waals surface area contributed by atoms with Crippen molar-refractivity contribution >= 4 is 45.9 Å². The van der Waals surface area contributed by atoms with Crippen LogP contribution in [0.4, 0.5) is 17.2 Å². The fourth-order valence-electron chi connectivity index (χ4n) is 4.70. The number of hydrogen-bond acceptors (Lipinski definition) is 5. The maximum absolute atomic E-state index is 11.4. The molecule has 1 aromatic heterocycles. The van der Waals surface area contributed by atoms with Gasteiger partial charge in [-0.05, 0) is 80.3 Å². The van der Waals surface area contributed by atoms with Gasteiger partial charge in [-0.1, -0.05) is 55.8 Å². The molecule has 0 fully saturated rings. The molecule has 0 atom stereocenters. The van der Waals surface area contributed by atoms with Gasteiger partial charge in [-0.3, -0.25) is 4.99 Å². The number of pyridine rings is 1. The fourth-order valence-corrected chi connectivity index (χ4v) is 4.70. The lowest BCUT2D eigenvalue weighted by Crippen LogP contribution is -2.14. The summed E-state index contributed by atoms with van der Waals surface area (Å²) in [4.78, 5) is 21.7. The zero-order valence-corrected chi connectivity index (χ0v) is 21.5. The van der Waals surface area contributed by atoms with Crippen molar-refractivity contribution < 1.29 is 9.53 Å². The van der Waals surface area contributed by atoms with Crippen LogP contribution in [0.15, 0.2) is 71.8 Å². The third kappa shape index (κ3) is 6.28. The van der Waals surface area contributed by atoms with Gasteiger partial charge in [-0.15, -0.1) is 0 Å². The Morgan fingerprint density at radius 2 is 1.83 bits per heavy atom. The highest BCUT2D eigenvalue weighted by Crippen LogP contribution is 2.36. The lowest BCUT2D eigenvalue weighted by atomic mass is 9.91. The molecule has 1 heterocycles. The average Bonchev–Trinajstić information content (AvgIpc) is 3.19. The third-order valence-corrected chi connectivity index (χ3v) is 6.67. The Labute approximate surface area is 214 Å². The molecule has 0 unspecified atom stereocenters. The number of allylic oxidation sites excluding steroid dienone is 2. The number of carbonyl (C=O) groups is 1. The van der Waals surface area contributed by atoms with Gasteiger partial charge in [0.05, 0.1) is 12.6 Å². The van der Waals surface area contributed by atoms with Crippen molar-refractivity contribution in [3.63, 3.8) is 0 Å². The second-order valence-electron chi connectivity index (χ2n) is 9.23. The number of anilines is 2. The molecule has 0 amide bonds. The fraction of sp³-hybridized carbons (Fsp3) is 0.323. The molecule has 0 aliphatic heterocycles. The summed E-state index contributed by atoms with van der Waals surface area (Å²) in [7, 11) is 1.37. The van der Waals surface area contributed by atoms with Gasteiger partial charge >= 0.3 is 5.97 Å². The number of methoxy groups -OCH3 is 1. The predicted octanol–water partition coefficient (Wildman–Crippen LogP) is 8.09. The minimum Gasteiger partial charge on any atom is -0.466 e. The van der Waals surface area contributed by atoms with Crippen molar-refractivity contribution in [3.05, 3.63) is 77.9 Å². The van der Waals surface area contributed by atoms with E-state index in [4.69, 9.17) is 9.98 Å². The summed E-state index contributed by atoms with van der Waals surface area (Å²) in [5.74, 6) is 0.895. The summed E-state index contributed by atoms with van der Waals surface area (Å²) in [5, 5.41) is 4.65.